The van der Waals surface area contributed by atoms with E-state index in [0.717, 1.165) is 25.2 Å². The number of hydrogen-bond donors (Lipinski definition) is 1. The lowest BCUT2D eigenvalue weighted by Crippen LogP contribution is -2.31. The topological polar surface area (TPSA) is 23.5 Å². The van der Waals surface area contributed by atoms with Crippen LogP contribution in [0.3, 0.4) is 0 Å². The predicted molar refractivity (Wildman–Crippen MR) is 85.0 cm³/mol. The van der Waals surface area contributed by atoms with Crippen LogP contribution in [0.2, 0.25) is 0 Å². The molecule has 20 heavy (non-hydrogen) atoms. The molecular formula is C18H29NO. The van der Waals surface area contributed by atoms with Crippen LogP contribution in [0.25, 0.3) is 0 Å². The summed E-state index contributed by atoms with van der Waals surface area (Å²) >= 11 is 0. The quantitative estimate of drug-likeness (QED) is 0.894. The molecule has 0 radical (unpaired) electrons. The summed E-state index contributed by atoms with van der Waals surface area (Å²) in [6, 6.07) is 8.47. The molecule has 1 aliphatic heterocycles. The minimum Gasteiger partial charge on any atom is -0.387 e. The molecule has 1 unspecified atom stereocenters. The van der Waals surface area contributed by atoms with Crippen LogP contribution < -0.4 is 0 Å². The molecule has 1 atom stereocenters. The van der Waals surface area contributed by atoms with Gasteiger partial charge < -0.3 is 10.0 Å². The van der Waals surface area contributed by atoms with Crippen LogP contribution in [0.5, 0.6) is 0 Å². The van der Waals surface area contributed by atoms with Crippen molar-refractivity contribution in [1.82, 2.24) is 4.90 Å². The van der Waals surface area contributed by atoms with Crippen LogP contribution in [0.4, 0.5) is 0 Å². The summed E-state index contributed by atoms with van der Waals surface area (Å²) in [5, 5.41) is 10.4. The van der Waals surface area contributed by atoms with Gasteiger partial charge in [0.15, 0.2) is 0 Å². The number of rotatable bonds is 4. The van der Waals surface area contributed by atoms with Crippen molar-refractivity contribution in [2.24, 2.45) is 0 Å². The lowest BCUT2D eigenvalue weighted by atomic mass is 9.99. The third-order valence-electron chi connectivity index (χ3n) is 4.37. The molecule has 112 valence electrons. The van der Waals surface area contributed by atoms with Crippen molar-refractivity contribution >= 4 is 0 Å². The normalized spacial score (nSPS) is 19.6. The Morgan fingerprint density at radius 2 is 1.40 bits per heavy atom. The fourth-order valence-electron chi connectivity index (χ4n) is 2.95. The molecular weight excluding hydrogens is 246 g/mol. The summed E-state index contributed by atoms with van der Waals surface area (Å²) in [5.74, 6) is 0.551. The highest BCUT2D eigenvalue weighted by atomic mass is 16.3. The second-order valence-corrected chi connectivity index (χ2v) is 6.41. The van der Waals surface area contributed by atoms with Gasteiger partial charge in [-0.15, -0.1) is 0 Å². The molecule has 1 heterocycles. The summed E-state index contributed by atoms with van der Waals surface area (Å²) in [6.07, 6.45) is 6.27. The van der Waals surface area contributed by atoms with Crippen LogP contribution in [0.15, 0.2) is 24.3 Å². The molecule has 0 bridgehead atoms. The van der Waals surface area contributed by atoms with Crippen molar-refractivity contribution in [2.45, 2.75) is 58.0 Å². The Morgan fingerprint density at radius 1 is 0.900 bits per heavy atom. The highest BCUT2D eigenvalue weighted by Gasteiger charge is 2.14. The zero-order valence-corrected chi connectivity index (χ0v) is 13.0. The van der Waals surface area contributed by atoms with Gasteiger partial charge in [-0.3, -0.25) is 0 Å². The highest BCUT2D eigenvalue weighted by Crippen LogP contribution is 2.20. The average molecular weight is 275 g/mol. The number of benzene rings is 1. The summed E-state index contributed by atoms with van der Waals surface area (Å²) < 4.78 is 0. The molecule has 2 nitrogen and oxygen atoms in total. The molecule has 1 aromatic carbocycles. The number of hydrogen-bond acceptors (Lipinski definition) is 2. The fraction of sp³-hybridized carbons (Fsp3) is 0.667. The van der Waals surface area contributed by atoms with E-state index in [1.807, 2.05) is 0 Å². The van der Waals surface area contributed by atoms with Crippen molar-refractivity contribution in [1.29, 1.82) is 0 Å². The van der Waals surface area contributed by atoms with Crippen molar-refractivity contribution in [2.75, 3.05) is 19.6 Å². The first-order valence-electron chi connectivity index (χ1n) is 8.17. The molecule has 2 heteroatoms. The summed E-state index contributed by atoms with van der Waals surface area (Å²) in [4.78, 5) is 2.43. The third-order valence-corrected chi connectivity index (χ3v) is 4.37. The van der Waals surface area contributed by atoms with E-state index >= 15 is 0 Å². The van der Waals surface area contributed by atoms with E-state index < -0.39 is 0 Å². The first-order chi connectivity index (χ1) is 9.66. The predicted octanol–water partition coefficient (Wildman–Crippen LogP) is 4.11. The van der Waals surface area contributed by atoms with Gasteiger partial charge in [0.25, 0.3) is 0 Å². The zero-order valence-electron chi connectivity index (χ0n) is 13.0. The lowest BCUT2D eigenvalue weighted by molar-refractivity contribution is 0.108. The number of likely N-dealkylation sites (tertiary alicyclic amines) is 1. The zero-order chi connectivity index (χ0) is 14.4. The summed E-state index contributed by atoms with van der Waals surface area (Å²) in [7, 11) is 0. The average Bonchev–Trinajstić information content (AvgIpc) is 2.41. The number of aliphatic hydroxyl groups excluding tert-OH is 1. The molecule has 0 amide bonds. The van der Waals surface area contributed by atoms with E-state index in [9.17, 15) is 5.11 Å². The maximum Gasteiger partial charge on any atom is 0.0916 e. The SMILES string of the molecule is CC(C)c1ccc(C(O)CN2CCCCCCC2)cc1. The second-order valence-electron chi connectivity index (χ2n) is 6.41. The Labute approximate surface area is 123 Å². The van der Waals surface area contributed by atoms with E-state index in [1.54, 1.807) is 0 Å². The lowest BCUT2D eigenvalue weighted by Gasteiger charge is -2.27. The maximum absolute atomic E-state index is 10.4. The monoisotopic (exact) mass is 275 g/mol. The van der Waals surface area contributed by atoms with Gasteiger partial charge in [-0.05, 0) is 43.0 Å². The van der Waals surface area contributed by atoms with Gasteiger partial charge in [-0.2, -0.15) is 0 Å². The Kier molecular flexibility index (Phi) is 6.06. The number of nitrogens with zero attached hydrogens (tertiary/aromatic N) is 1. The molecule has 0 spiro atoms. The van der Waals surface area contributed by atoms with Crippen molar-refractivity contribution in [3.05, 3.63) is 35.4 Å². The van der Waals surface area contributed by atoms with Gasteiger partial charge in [0, 0.05) is 6.54 Å². The first kappa shape index (κ1) is 15.5. The molecule has 1 N–H and O–H groups in total. The molecule has 1 aliphatic rings. The van der Waals surface area contributed by atoms with Gasteiger partial charge in [-0.1, -0.05) is 57.4 Å². The van der Waals surface area contributed by atoms with E-state index in [2.05, 4.69) is 43.0 Å². The standard InChI is InChI=1S/C18H29NO/c1-15(2)16-8-10-17(11-9-16)18(20)14-19-12-6-4-3-5-7-13-19/h8-11,15,18,20H,3-7,12-14H2,1-2H3. The van der Waals surface area contributed by atoms with E-state index in [4.69, 9.17) is 0 Å². The van der Waals surface area contributed by atoms with Crippen molar-refractivity contribution in [3.8, 4) is 0 Å². The fourth-order valence-corrected chi connectivity index (χ4v) is 2.95. The minimum atomic E-state index is -0.351. The molecule has 1 saturated heterocycles. The number of β-amino-alcohol motifs (C(OH)–C–C–N with tert-alkyl or cyclic N) is 1. The summed E-state index contributed by atoms with van der Waals surface area (Å²) in [5.41, 5.74) is 2.39. The Hall–Kier alpha value is -0.860. The molecule has 1 aromatic rings. The molecule has 1 fully saturated rings. The molecule has 0 aliphatic carbocycles. The third kappa shape index (κ3) is 4.60. The van der Waals surface area contributed by atoms with Gasteiger partial charge in [0.2, 0.25) is 0 Å². The van der Waals surface area contributed by atoms with Gasteiger partial charge >= 0.3 is 0 Å². The number of aliphatic hydroxyl groups is 1. The van der Waals surface area contributed by atoms with Gasteiger partial charge in [-0.25, -0.2) is 0 Å². The Morgan fingerprint density at radius 3 is 1.95 bits per heavy atom. The van der Waals surface area contributed by atoms with Crippen LogP contribution in [0.1, 0.15) is 69.1 Å². The highest BCUT2D eigenvalue weighted by molar-refractivity contribution is 5.26. The van der Waals surface area contributed by atoms with Gasteiger partial charge in [0.1, 0.15) is 0 Å². The molecule has 2 rings (SSSR count). The van der Waals surface area contributed by atoms with Crippen molar-refractivity contribution in [3.63, 3.8) is 0 Å². The maximum atomic E-state index is 10.4. The smallest absolute Gasteiger partial charge is 0.0916 e. The van der Waals surface area contributed by atoms with E-state index in [0.29, 0.717) is 5.92 Å². The Bertz CT molecular complexity index is 377. The molecule has 0 saturated carbocycles. The van der Waals surface area contributed by atoms with Crippen LogP contribution in [-0.4, -0.2) is 29.6 Å². The largest absolute Gasteiger partial charge is 0.387 e. The first-order valence-corrected chi connectivity index (χ1v) is 8.17. The van der Waals surface area contributed by atoms with Crippen LogP contribution in [-0.2, 0) is 0 Å². The van der Waals surface area contributed by atoms with E-state index in [1.165, 1.54) is 37.7 Å². The summed E-state index contributed by atoms with van der Waals surface area (Å²) in [6.45, 7) is 7.46. The van der Waals surface area contributed by atoms with Crippen LogP contribution >= 0.6 is 0 Å². The molecule has 0 aromatic heterocycles. The van der Waals surface area contributed by atoms with Crippen molar-refractivity contribution < 1.29 is 5.11 Å². The van der Waals surface area contributed by atoms with Gasteiger partial charge in [0.05, 0.1) is 6.10 Å². The minimum absolute atomic E-state index is 0.351. The second kappa shape index (κ2) is 7.80. The van der Waals surface area contributed by atoms with E-state index in [-0.39, 0.29) is 6.10 Å². The Balaban J connectivity index is 1.90. The van der Waals surface area contributed by atoms with Crippen LogP contribution in [0, 0.1) is 0 Å².